The molecule has 0 heterocycles. The number of hydrogen-bond acceptors (Lipinski definition) is 0. The van der Waals surface area contributed by atoms with E-state index in [-0.39, 0.29) is 0 Å². The molecule has 0 aromatic heterocycles. The lowest BCUT2D eigenvalue weighted by Gasteiger charge is -2.01. The highest BCUT2D eigenvalue weighted by molar-refractivity contribution is 5.28. The molecule has 0 aliphatic heterocycles. The largest absolute Gasteiger partial charge is 0.392 e. The van der Waals surface area contributed by atoms with Gasteiger partial charge in [-0.25, -0.2) is 0 Å². The third kappa shape index (κ3) is 0.667. The SMILES string of the molecule is FC(F)(F)C1[C]C12CC2. The summed E-state index contributed by atoms with van der Waals surface area (Å²) in [4.78, 5) is 0. The average Bonchev–Trinajstić information content (AvgIpc) is 2.46. The summed E-state index contributed by atoms with van der Waals surface area (Å²) in [7, 11) is 0. The molecule has 2 aliphatic rings. The molecule has 2 saturated carbocycles. The van der Waals surface area contributed by atoms with Crippen LogP contribution in [0.3, 0.4) is 0 Å². The van der Waals surface area contributed by atoms with Crippen LogP contribution in [0.1, 0.15) is 12.8 Å². The van der Waals surface area contributed by atoms with E-state index in [0.29, 0.717) is 12.8 Å². The van der Waals surface area contributed by atoms with Crippen molar-refractivity contribution in [3.05, 3.63) is 6.42 Å². The topological polar surface area (TPSA) is 0 Å². The maximum Gasteiger partial charge on any atom is 0.392 e. The van der Waals surface area contributed by atoms with E-state index in [1.165, 1.54) is 0 Å². The summed E-state index contributed by atoms with van der Waals surface area (Å²) in [5.74, 6) is -1.18. The molecule has 0 amide bonds. The van der Waals surface area contributed by atoms with E-state index in [2.05, 4.69) is 6.42 Å². The minimum atomic E-state index is -4.00. The Kier molecular flexibility index (Phi) is 0.702. The smallest absolute Gasteiger partial charge is 0.171 e. The van der Waals surface area contributed by atoms with E-state index in [1.807, 2.05) is 0 Å². The summed E-state index contributed by atoms with van der Waals surface area (Å²) >= 11 is 0. The van der Waals surface area contributed by atoms with Gasteiger partial charge in [0.15, 0.2) is 0 Å². The van der Waals surface area contributed by atoms with Crippen LogP contribution < -0.4 is 0 Å². The molecule has 50 valence electrons. The van der Waals surface area contributed by atoms with Crippen LogP contribution in [-0.2, 0) is 0 Å². The molecule has 2 fully saturated rings. The molecule has 0 saturated heterocycles. The monoisotopic (exact) mass is 134 g/mol. The second-order valence-corrected chi connectivity index (χ2v) is 2.78. The van der Waals surface area contributed by atoms with Gasteiger partial charge in [-0.3, -0.25) is 0 Å². The Hall–Kier alpha value is -0.210. The van der Waals surface area contributed by atoms with E-state index in [9.17, 15) is 13.2 Å². The quantitative estimate of drug-likeness (QED) is 0.475. The molecule has 1 unspecified atom stereocenters. The van der Waals surface area contributed by atoms with Crippen molar-refractivity contribution in [2.75, 3.05) is 0 Å². The molecular formula is C6H5F3. The minimum absolute atomic E-state index is 0.474. The first-order valence-corrected chi connectivity index (χ1v) is 2.89. The molecule has 0 bridgehead atoms. The van der Waals surface area contributed by atoms with E-state index in [1.54, 1.807) is 0 Å². The van der Waals surface area contributed by atoms with Gasteiger partial charge in [0.1, 0.15) is 0 Å². The molecular weight excluding hydrogens is 129 g/mol. The zero-order valence-corrected chi connectivity index (χ0v) is 4.63. The summed E-state index contributed by atoms with van der Waals surface area (Å²) in [6.07, 6.45) is -0.158. The molecule has 0 aromatic rings. The van der Waals surface area contributed by atoms with E-state index in [0.717, 1.165) is 0 Å². The molecule has 9 heavy (non-hydrogen) atoms. The average molecular weight is 134 g/mol. The van der Waals surface area contributed by atoms with Crippen molar-refractivity contribution >= 4 is 0 Å². The Labute approximate surface area is 51.0 Å². The van der Waals surface area contributed by atoms with Gasteiger partial charge in [0.2, 0.25) is 0 Å². The first kappa shape index (κ1) is 5.57. The normalized spacial score (nSPS) is 37.0. The molecule has 0 nitrogen and oxygen atoms in total. The second kappa shape index (κ2) is 1.13. The number of alkyl halides is 3. The Morgan fingerprint density at radius 1 is 1.33 bits per heavy atom. The molecule has 3 heteroatoms. The van der Waals surface area contributed by atoms with Crippen molar-refractivity contribution in [3.63, 3.8) is 0 Å². The van der Waals surface area contributed by atoms with Gasteiger partial charge in [-0.15, -0.1) is 0 Å². The maximum atomic E-state index is 11.7. The second-order valence-electron chi connectivity index (χ2n) is 2.78. The van der Waals surface area contributed by atoms with Gasteiger partial charge in [-0.1, -0.05) is 0 Å². The Morgan fingerprint density at radius 2 is 1.89 bits per heavy atom. The summed E-state index contributed by atoms with van der Waals surface area (Å²) in [6.45, 7) is 0. The van der Waals surface area contributed by atoms with Crippen molar-refractivity contribution in [2.24, 2.45) is 11.3 Å². The first-order valence-electron chi connectivity index (χ1n) is 2.89. The van der Waals surface area contributed by atoms with Crippen LogP contribution >= 0.6 is 0 Å². The highest BCUT2D eigenvalue weighted by Crippen LogP contribution is 2.73. The van der Waals surface area contributed by atoms with Crippen LogP contribution in [0.5, 0.6) is 0 Å². The fraction of sp³-hybridized carbons (Fsp3) is 0.833. The highest BCUT2D eigenvalue weighted by atomic mass is 19.4. The van der Waals surface area contributed by atoms with E-state index < -0.39 is 17.5 Å². The highest BCUT2D eigenvalue weighted by Gasteiger charge is 2.73. The molecule has 0 aromatic carbocycles. The van der Waals surface area contributed by atoms with Gasteiger partial charge in [0, 0.05) is 6.42 Å². The zero-order valence-electron chi connectivity index (χ0n) is 4.63. The fourth-order valence-corrected chi connectivity index (χ4v) is 1.21. The Morgan fingerprint density at radius 3 is 2.00 bits per heavy atom. The van der Waals surface area contributed by atoms with Crippen molar-refractivity contribution in [1.82, 2.24) is 0 Å². The lowest BCUT2D eigenvalue weighted by atomic mass is 10.3. The first-order chi connectivity index (χ1) is 4.05. The Balaban J connectivity index is 2.04. The van der Waals surface area contributed by atoms with Crippen molar-refractivity contribution in [3.8, 4) is 0 Å². The predicted molar refractivity (Wildman–Crippen MR) is 24.5 cm³/mol. The summed E-state index contributed by atoms with van der Waals surface area (Å²) < 4.78 is 35.1. The predicted octanol–water partition coefficient (Wildman–Crippen LogP) is 2.04. The Bertz CT molecular complexity index is 143. The van der Waals surface area contributed by atoms with Crippen LogP contribution in [0.15, 0.2) is 0 Å². The van der Waals surface area contributed by atoms with Crippen LogP contribution in [0.2, 0.25) is 0 Å². The van der Waals surface area contributed by atoms with Gasteiger partial charge in [0.05, 0.1) is 5.92 Å². The van der Waals surface area contributed by atoms with Gasteiger partial charge in [-0.05, 0) is 18.3 Å². The third-order valence-corrected chi connectivity index (χ3v) is 2.02. The molecule has 1 spiro atoms. The van der Waals surface area contributed by atoms with Gasteiger partial charge in [-0.2, -0.15) is 13.2 Å². The molecule has 0 N–H and O–H groups in total. The maximum absolute atomic E-state index is 11.7. The van der Waals surface area contributed by atoms with Crippen LogP contribution in [0, 0.1) is 17.8 Å². The number of hydrogen-bond donors (Lipinski definition) is 0. The van der Waals surface area contributed by atoms with Crippen molar-refractivity contribution in [1.29, 1.82) is 0 Å². The van der Waals surface area contributed by atoms with Crippen LogP contribution in [-0.4, -0.2) is 6.18 Å². The molecule has 2 radical (unpaired) electrons. The van der Waals surface area contributed by atoms with Gasteiger partial charge in [0.25, 0.3) is 0 Å². The van der Waals surface area contributed by atoms with E-state index >= 15 is 0 Å². The summed E-state index contributed by atoms with van der Waals surface area (Å²) in [5, 5.41) is 0. The van der Waals surface area contributed by atoms with Gasteiger partial charge < -0.3 is 0 Å². The van der Waals surface area contributed by atoms with Gasteiger partial charge >= 0.3 is 6.18 Å². The van der Waals surface area contributed by atoms with E-state index in [4.69, 9.17) is 0 Å². The molecule has 1 atom stereocenters. The summed E-state index contributed by atoms with van der Waals surface area (Å²) in [5.41, 5.74) is -0.474. The number of rotatable bonds is 0. The third-order valence-electron chi connectivity index (χ3n) is 2.02. The molecule has 2 aliphatic carbocycles. The number of halogens is 3. The van der Waals surface area contributed by atoms with Crippen molar-refractivity contribution < 1.29 is 13.2 Å². The molecule has 2 rings (SSSR count). The van der Waals surface area contributed by atoms with Crippen molar-refractivity contribution in [2.45, 2.75) is 19.0 Å². The minimum Gasteiger partial charge on any atom is -0.171 e. The van der Waals surface area contributed by atoms with Crippen LogP contribution in [0.25, 0.3) is 0 Å². The zero-order chi connectivity index (χ0) is 6.70. The lowest BCUT2D eigenvalue weighted by Crippen LogP contribution is -2.11. The lowest BCUT2D eigenvalue weighted by molar-refractivity contribution is -0.149. The summed E-state index contributed by atoms with van der Waals surface area (Å²) in [6, 6.07) is 0. The standard InChI is InChI=1S/C6H5F3/c7-6(8,9)4-3-5(4)1-2-5/h4H,1-2H2. The van der Waals surface area contributed by atoms with Crippen LogP contribution in [0.4, 0.5) is 13.2 Å². The fourth-order valence-electron chi connectivity index (χ4n) is 1.21.